The molecule has 0 radical (unpaired) electrons. The van der Waals surface area contributed by atoms with Crippen LogP contribution in [0.2, 0.25) is 0 Å². The van der Waals surface area contributed by atoms with E-state index in [9.17, 15) is 18.0 Å². The van der Waals surface area contributed by atoms with Crippen LogP contribution in [0.25, 0.3) is 10.9 Å². The number of hydrogen-bond donors (Lipinski definition) is 1. The molecule has 2 aliphatic rings. The highest BCUT2D eigenvalue weighted by molar-refractivity contribution is 5.88. The molecule has 1 saturated heterocycles. The van der Waals surface area contributed by atoms with E-state index in [4.69, 9.17) is 4.74 Å². The minimum Gasteiger partial charge on any atom is -0.381 e. The predicted octanol–water partition coefficient (Wildman–Crippen LogP) is 3.53. The van der Waals surface area contributed by atoms with Gasteiger partial charge in [0.1, 0.15) is 0 Å². The molecule has 1 aromatic carbocycles. The molecule has 32 heavy (non-hydrogen) atoms. The number of likely N-dealkylation sites (tertiary alicyclic amines) is 1. The molecule has 1 saturated carbocycles. The van der Waals surface area contributed by atoms with Crippen LogP contribution in [-0.4, -0.2) is 59.0 Å². The van der Waals surface area contributed by atoms with Gasteiger partial charge in [-0.25, -0.2) is 0 Å². The molecule has 1 aliphatic carbocycles. The maximum atomic E-state index is 13.1. The number of fused-ring (bicyclic) bond motifs is 1. The molecule has 1 aromatic heterocycles. The lowest BCUT2D eigenvalue weighted by molar-refractivity contribution is -0.137. The highest BCUT2D eigenvalue weighted by Crippen LogP contribution is 2.33. The van der Waals surface area contributed by atoms with Crippen LogP contribution in [0.15, 0.2) is 18.2 Å². The number of carbonyl (C=O) groups is 1. The molecule has 176 valence electrons. The van der Waals surface area contributed by atoms with Gasteiger partial charge in [-0.2, -0.15) is 18.3 Å². The number of carbonyl (C=O) groups excluding carboxylic acids is 1. The first-order chi connectivity index (χ1) is 15.2. The summed E-state index contributed by atoms with van der Waals surface area (Å²) in [6.45, 7) is 5.30. The van der Waals surface area contributed by atoms with E-state index in [0.29, 0.717) is 28.6 Å². The molecule has 0 spiro atoms. The number of hydrogen-bond acceptors (Lipinski definition) is 4. The molecular weight excluding hydrogens is 421 g/mol. The van der Waals surface area contributed by atoms with Crippen molar-refractivity contribution in [3.05, 3.63) is 29.5 Å². The van der Waals surface area contributed by atoms with Crippen molar-refractivity contribution >= 4 is 16.8 Å². The van der Waals surface area contributed by atoms with Crippen molar-refractivity contribution < 1.29 is 22.7 Å². The molecule has 4 rings (SSSR count). The third-order valence-electron chi connectivity index (χ3n) is 6.75. The van der Waals surface area contributed by atoms with Gasteiger partial charge in [0.15, 0.2) is 0 Å². The van der Waals surface area contributed by atoms with Crippen LogP contribution in [-0.2, 0) is 29.2 Å². The largest absolute Gasteiger partial charge is 0.416 e. The molecule has 1 aliphatic heterocycles. The summed E-state index contributed by atoms with van der Waals surface area (Å²) < 4.78 is 46.3. The SMILES string of the molecule is CCOCC1CCC(N2CC(NC(=O)Cc3nn(C)c4ccc(C(F)(F)F)cc34)C2)CC1. The third-order valence-corrected chi connectivity index (χ3v) is 6.75. The summed E-state index contributed by atoms with van der Waals surface area (Å²) in [6, 6.07) is 4.18. The fourth-order valence-corrected chi connectivity index (χ4v) is 4.94. The van der Waals surface area contributed by atoms with Crippen molar-refractivity contribution in [3.63, 3.8) is 0 Å². The average molecular weight is 453 g/mol. The van der Waals surface area contributed by atoms with E-state index < -0.39 is 11.7 Å². The lowest BCUT2D eigenvalue weighted by Gasteiger charge is -2.46. The molecular formula is C23H31F3N4O2. The number of rotatable bonds is 7. The summed E-state index contributed by atoms with van der Waals surface area (Å²) in [5.41, 5.74) is 0.218. The summed E-state index contributed by atoms with van der Waals surface area (Å²) in [7, 11) is 1.67. The number of amides is 1. The molecule has 6 nitrogen and oxygen atoms in total. The van der Waals surface area contributed by atoms with Crippen molar-refractivity contribution in [2.24, 2.45) is 13.0 Å². The molecule has 1 N–H and O–H groups in total. The minimum absolute atomic E-state index is 0.0301. The van der Waals surface area contributed by atoms with E-state index in [-0.39, 0.29) is 18.4 Å². The first kappa shape index (κ1) is 23.0. The Balaban J connectivity index is 1.28. The Morgan fingerprint density at radius 1 is 1.22 bits per heavy atom. The normalized spacial score (nSPS) is 22.8. The van der Waals surface area contributed by atoms with Crippen LogP contribution in [0.5, 0.6) is 0 Å². The Morgan fingerprint density at radius 3 is 2.59 bits per heavy atom. The number of aryl methyl sites for hydroxylation is 1. The van der Waals surface area contributed by atoms with Gasteiger partial charge < -0.3 is 10.1 Å². The minimum atomic E-state index is -4.43. The third kappa shape index (κ3) is 5.09. The van der Waals surface area contributed by atoms with Crippen LogP contribution in [0.3, 0.4) is 0 Å². The zero-order valence-corrected chi connectivity index (χ0v) is 18.6. The van der Waals surface area contributed by atoms with Crippen LogP contribution in [0, 0.1) is 5.92 Å². The maximum Gasteiger partial charge on any atom is 0.416 e. The first-order valence-electron chi connectivity index (χ1n) is 11.4. The number of ether oxygens (including phenoxy) is 1. The Morgan fingerprint density at radius 2 is 1.94 bits per heavy atom. The Bertz CT molecular complexity index is 945. The van der Waals surface area contributed by atoms with Gasteiger partial charge in [-0.15, -0.1) is 0 Å². The molecule has 2 heterocycles. The van der Waals surface area contributed by atoms with Crippen LogP contribution >= 0.6 is 0 Å². The Kier molecular flexibility index (Phi) is 6.76. The Hall–Kier alpha value is -2.13. The highest BCUT2D eigenvalue weighted by Gasteiger charge is 2.35. The molecule has 9 heteroatoms. The molecule has 0 unspecified atom stereocenters. The topological polar surface area (TPSA) is 59.4 Å². The van der Waals surface area contributed by atoms with E-state index >= 15 is 0 Å². The zero-order chi connectivity index (χ0) is 22.9. The molecule has 2 fully saturated rings. The van der Waals surface area contributed by atoms with E-state index in [1.165, 1.54) is 36.4 Å². The second kappa shape index (κ2) is 9.39. The second-order valence-corrected chi connectivity index (χ2v) is 9.03. The lowest BCUT2D eigenvalue weighted by atomic mass is 9.84. The Labute approximate surface area is 186 Å². The van der Waals surface area contributed by atoms with E-state index in [0.717, 1.165) is 38.4 Å². The van der Waals surface area contributed by atoms with Gasteiger partial charge >= 0.3 is 6.18 Å². The number of nitrogens with zero attached hydrogens (tertiary/aromatic N) is 3. The number of benzene rings is 1. The van der Waals surface area contributed by atoms with E-state index in [1.807, 2.05) is 6.92 Å². The second-order valence-electron chi connectivity index (χ2n) is 9.03. The van der Waals surface area contributed by atoms with Crippen molar-refractivity contribution in [1.82, 2.24) is 20.0 Å². The summed E-state index contributed by atoms with van der Waals surface area (Å²) in [6.07, 6.45) is 0.244. The van der Waals surface area contributed by atoms with Crippen LogP contribution < -0.4 is 5.32 Å². The van der Waals surface area contributed by atoms with Gasteiger partial charge in [-0.3, -0.25) is 14.4 Å². The first-order valence-corrected chi connectivity index (χ1v) is 11.4. The van der Waals surface area contributed by atoms with Gasteiger partial charge in [0, 0.05) is 44.8 Å². The predicted molar refractivity (Wildman–Crippen MR) is 115 cm³/mol. The van der Waals surface area contributed by atoms with Gasteiger partial charge in [0.2, 0.25) is 5.91 Å². The number of aromatic nitrogens is 2. The van der Waals surface area contributed by atoms with Gasteiger partial charge in [-0.1, -0.05) is 0 Å². The van der Waals surface area contributed by atoms with E-state index in [1.54, 1.807) is 7.05 Å². The number of alkyl halides is 3. The standard InChI is InChI=1S/C23H31F3N4O2/c1-3-32-14-15-4-7-18(8-5-15)30-12-17(13-30)27-22(31)11-20-19-10-16(23(24,25)26)6-9-21(19)29(2)28-20/h6,9-10,15,17-18H,3-5,7-8,11-14H2,1-2H3,(H,27,31). The van der Waals surface area contributed by atoms with E-state index in [2.05, 4.69) is 15.3 Å². The lowest BCUT2D eigenvalue weighted by Crippen LogP contribution is -2.62. The summed E-state index contributed by atoms with van der Waals surface area (Å²) in [4.78, 5) is 15.0. The summed E-state index contributed by atoms with van der Waals surface area (Å²) in [5, 5.41) is 7.68. The average Bonchev–Trinajstić information content (AvgIpc) is 3.03. The van der Waals surface area contributed by atoms with Gasteiger partial charge in [0.25, 0.3) is 0 Å². The molecule has 0 atom stereocenters. The number of nitrogens with one attached hydrogen (secondary N) is 1. The quantitative estimate of drug-likeness (QED) is 0.698. The van der Waals surface area contributed by atoms with Crippen molar-refractivity contribution in [3.8, 4) is 0 Å². The van der Waals surface area contributed by atoms with Crippen LogP contribution in [0.1, 0.15) is 43.9 Å². The van der Waals surface area contributed by atoms with Crippen molar-refractivity contribution in [1.29, 1.82) is 0 Å². The van der Waals surface area contributed by atoms with Gasteiger partial charge in [-0.05, 0) is 56.7 Å². The maximum absolute atomic E-state index is 13.1. The van der Waals surface area contributed by atoms with Crippen LogP contribution in [0.4, 0.5) is 13.2 Å². The van der Waals surface area contributed by atoms with Gasteiger partial charge in [0.05, 0.1) is 29.2 Å². The smallest absolute Gasteiger partial charge is 0.381 e. The summed E-state index contributed by atoms with van der Waals surface area (Å²) >= 11 is 0. The molecule has 0 bridgehead atoms. The fourth-order valence-electron chi connectivity index (χ4n) is 4.94. The summed E-state index contributed by atoms with van der Waals surface area (Å²) in [5.74, 6) is 0.460. The molecule has 2 aromatic rings. The zero-order valence-electron chi connectivity index (χ0n) is 18.6. The number of halogens is 3. The van der Waals surface area contributed by atoms with Crippen molar-refractivity contribution in [2.45, 2.75) is 57.3 Å². The monoisotopic (exact) mass is 452 g/mol. The highest BCUT2D eigenvalue weighted by atomic mass is 19.4. The fraction of sp³-hybridized carbons (Fsp3) is 0.652. The molecule has 1 amide bonds. The van der Waals surface area contributed by atoms with Crippen molar-refractivity contribution in [2.75, 3.05) is 26.3 Å².